The van der Waals surface area contributed by atoms with Crippen LogP contribution in [0.3, 0.4) is 0 Å². The molecule has 1 amide bonds. The Balaban J connectivity index is 1.41. The maximum Gasteiger partial charge on any atom is 0.274 e. The van der Waals surface area contributed by atoms with Crippen LogP contribution in [0.25, 0.3) is 0 Å². The van der Waals surface area contributed by atoms with E-state index in [1.165, 1.54) is 24.9 Å². The van der Waals surface area contributed by atoms with Crippen molar-refractivity contribution in [2.45, 2.75) is 19.3 Å². The molecule has 0 saturated carbocycles. The second-order valence-electron chi connectivity index (χ2n) is 7.13. The summed E-state index contributed by atoms with van der Waals surface area (Å²) in [5.41, 5.74) is 3.46. The van der Waals surface area contributed by atoms with Crippen molar-refractivity contribution in [2.24, 2.45) is 0 Å². The van der Waals surface area contributed by atoms with Crippen LogP contribution in [0.15, 0.2) is 60.8 Å². The van der Waals surface area contributed by atoms with Gasteiger partial charge in [0.25, 0.3) is 5.91 Å². The van der Waals surface area contributed by atoms with Gasteiger partial charge in [-0.1, -0.05) is 0 Å². The molecule has 0 aliphatic carbocycles. The fourth-order valence-corrected chi connectivity index (χ4v) is 3.41. The molecule has 1 aliphatic heterocycles. The molecule has 1 aliphatic rings. The van der Waals surface area contributed by atoms with Crippen LogP contribution >= 0.6 is 0 Å². The third kappa shape index (κ3) is 4.73. The van der Waals surface area contributed by atoms with Gasteiger partial charge in [-0.3, -0.25) is 4.79 Å². The molecule has 4 rings (SSSR count). The van der Waals surface area contributed by atoms with Crippen LogP contribution < -0.4 is 15.5 Å². The fraction of sp³-hybridized carbons (Fsp3) is 0.217. The number of hydrogen-bond acceptors (Lipinski definition) is 6. The van der Waals surface area contributed by atoms with E-state index in [-0.39, 0.29) is 11.6 Å². The summed E-state index contributed by atoms with van der Waals surface area (Å²) in [5.74, 6) is 0.0128. The molecule has 0 radical (unpaired) electrons. The molecule has 2 N–H and O–H groups in total. The smallest absolute Gasteiger partial charge is 0.274 e. The van der Waals surface area contributed by atoms with Crippen LogP contribution in [0.2, 0.25) is 0 Å². The highest BCUT2D eigenvalue weighted by atomic mass is 16.1. The molecule has 0 bridgehead atoms. The normalized spacial score (nSPS) is 13.4. The van der Waals surface area contributed by atoms with Gasteiger partial charge >= 0.3 is 0 Å². The van der Waals surface area contributed by atoms with Crippen molar-refractivity contribution in [3.05, 3.63) is 72.1 Å². The Morgan fingerprint density at radius 1 is 0.933 bits per heavy atom. The van der Waals surface area contributed by atoms with Gasteiger partial charge in [-0.25, -0.2) is 9.97 Å². The molecule has 7 nitrogen and oxygen atoms in total. The van der Waals surface area contributed by atoms with Crippen molar-refractivity contribution in [1.82, 2.24) is 9.97 Å². The predicted molar refractivity (Wildman–Crippen MR) is 117 cm³/mol. The van der Waals surface area contributed by atoms with Gasteiger partial charge in [0, 0.05) is 36.3 Å². The molecule has 2 heterocycles. The van der Waals surface area contributed by atoms with E-state index in [4.69, 9.17) is 5.26 Å². The van der Waals surface area contributed by atoms with Crippen LogP contribution in [0.1, 0.15) is 35.3 Å². The van der Waals surface area contributed by atoms with E-state index in [0.29, 0.717) is 17.2 Å². The lowest BCUT2D eigenvalue weighted by Gasteiger charge is -2.28. The lowest BCUT2D eigenvalue weighted by atomic mass is 10.1. The van der Waals surface area contributed by atoms with Crippen molar-refractivity contribution in [2.75, 3.05) is 28.6 Å². The van der Waals surface area contributed by atoms with Crippen molar-refractivity contribution >= 4 is 28.9 Å². The molecular formula is C23H22N6O. The fourth-order valence-electron chi connectivity index (χ4n) is 3.41. The minimum Gasteiger partial charge on any atom is -0.372 e. The summed E-state index contributed by atoms with van der Waals surface area (Å²) in [6.45, 7) is 2.21. The quantitative estimate of drug-likeness (QED) is 0.664. The van der Waals surface area contributed by atoms with Crippen molar-refractivity contribution in [3.63, 3.8) is 0 Å². The zero-order valence-electron chi connectivity index (χ0n) is 16.5. The van der Waals surface area contributed by atoms with E-state index in [9.17, 15) is 4.79 Å². The second kappa shape index (κ2) is 9.05. The van der Waals surface area contributed by atoms with Crippen molar-refractivity contribution in [1.29, 1.82) is 5.26 Å². The van der Waals surface area contributed by atoms with Gasteiger partial charge in [0.15, 0.2) is 0 Å². The zero-order chi connectivity index (χ0) is 20.8. The largest absolute Gasteiger partial charge is 0.372 e. The van der Waals surface area contributed by atoms with E-state index < -0.39 is 0 Å². The van der Waals surface area contributed by atoms with Crippen LogP contribution in [-0.2, 0) is 0 Å². The van der Waals surface area contributed by atoms with Gasteiger partial charge in [0.05, 0.1) is 11.6 Å². The van der Waals surface area contributed by atoms with Crippen LogP contribution in [-0.4, -0.2) is 29.0 Å². The average molecular weight is 398 g/mol. The number of benzene rings is 2. The van der Waals surface area contributed by atoms with E-state index in [2.05, 4.69) is 37.6 Å². The van der Waals surface area contributed by atoms with Gasteiger partial charge in [-0.15, -0.1) is 0 Å². The Bertz CT molecular complexity index is 1050. The number of piperidine rings is 1. The molecule has 2 aromatic carbocycles. The number of nitrogens with one attached hydrogen (secondary N) is 2. The maximum absolute atomic E-state index is 12.5. The molecule has 30 heavy (non-hydrogen) atoms. The third-order valence-corrected chi connectivity index (χ3v) is 5.00. The molecule has 150 valence electrons. The Morgan fingerprint density at radius 3 is 2.33 bits per heavy atom. The van der Waals surface area contributed by atoms with E-state index in [1.807, 2.05) is 18.2 Å². The number of nitrogens with zero attached hydrogens (tertiary/aromatic N) is 4. The highest BCUT2D eigenvalue weighted by molar-refractivity contribution is 6.03. The lowest BCUT2D eigenvalue weighted by molar-refractivity contribution is 0.102. The summed E-state index contributed by atoms with van der Waals surface area (Å²) in [6.07, 6.45) is 5.34. The van der Waals surface area contributed by atoms with Gasteiger partial charge in [0.1, 0.15) is 5.69 Å². The van der Waals surface area contributed by atoms with E-state index in [0.717, 1.165) is 18.8 Å². The first kappa shape index (κ1) is 19.4. The van der Waals surface area contributed by atoms with Crippen molar-refractivity contribution in [3.8, 4) is 6.07 Å². The predicted octanol–water partition coefficient (Wildman–Crippen LogP) is 4.33. The van der Waals surface area contributed by atoms with Crippen LogP contribution in [0.5, 0.6) is 0 Å². The first-order valence-electron chi connectivity index (χ1n) is 9.98. The topological polar surface area (TPSA) is 93.9 Å². The first-order valence-corrected chi connectivity index (χ1v) is 9.98. The number of amides is 1. The molecule has 0 atom stereocenters. The summed E-state index contributed by atoms with van der Waals surface area (Å²) < 4.78 is 0. The average Bonchev–Trinajstić information content (AvgIpc) is 2.81. The zero-order valence-corrected chi connectivity index (χ0v) is 16.5. The van der Waals surface area contributed by atoms with Gasteiger partial charge in [-0.2, -0.15) is 5.26 Å². The second-order valence-corrected chi connectivity index (χ2v) is 7.13. The van der Waals surface area contributed by atoms with E-state index >= 15 is 0 Å². The van der Waals surface area contributed by atoms with E-state index in [1.54, 1.807) is 36.5 Å². The number of rotatable bonds is 5. The number of carbonyl (C=O) groups excluding carboxylic acids is 1. The highest BCUT2D eigenvalue weighted by Gasteiger charge is 2.12. The van der Waals surface area contributed by atoms with Gasteiger partial charge in [-0.05, 0) is 73.9 Å². The first-order chi connectivity index (χ1) is 14.7. The molecule has 0 spiro atoms. The summed E-state index contributed by atoms with van der Waals surface area (Å²) >= 11 is 0. The molecular weight excluding hydrogens is 376 g/mol. The van der Waals surface area contributed by atoms with Gasteiger partial charge in [0.2, 0.25) is 5.95 Å². The molecule has 3 aromatic rings. The van der Waals surface area contributed by atoms with Crippen LogP contribution in [0, 0.1) is 11.3 Å². The number of nitriles is 1. The van der Waals surface area contributed by atoms with Crippen molar-refractivity contribution < 1.29 is 4.79 Å². The molecule has 1 fully saturated rings. The summed E-state index contributed by atoms with van der Waals surface area (Å²) in [7, 11) is 0. The number of anilines is 4. The molecule has 1 saturated heterocycles. The molecule has 0 unspecified atom stereocenters. The van der Waals surface area contributed by atoms with Crippen LogP contribution in [0.4, 0.5) is 23.0 Å². The standard InChI is InChI=1S/C23H22N6O/c24-16-17-4-6-18(7-5-17)26-22(30)21-12-13-25-23(28-21)27-19-8-10-20(11-9-19)29-14-2-1-3-15-29/h4-13H,1-3,14-15H2,(H,26,30)(H,25,27,28). The molecule has 1 aromatic heterocycles. The van der Waals surface area contributed by atoms with Gasteiger partial charge < -0.3 is 15.5 Å². The summed E-state index contributed by atoms with van der Waals surface area (Å²) in [6, 6.07) is 18.4. The summed E-state index contributed by atoms with van der Waals surface area (Å²) in [5, 5.41) is 14.8. The maximum atomic E-state index is 12.5. The third-order valence-electron chi connectivity index (χ3n) is 5.00. The SMILES string of the molecule is N#Cc1ccc(NC(=O)c2ccnc(Nc3ccc(N4CCCCC4)cc3)n2)cc1. The Kier molecular flexibility index (Phi) is 5.85. The Labute approximate surface area is 175 Å². The lowest BCUT2D eigenvalue weighted by Crippen LogP contribution is -2.29. The minimum atomic E-state index is -0.342. The number of hydrogen-bond donors (Lipinski definition) is 2. The Morgan fingerprint density at radius 2 is 1.63 bits per heavy atom. The minimum absolute atomic E-state index is 0.252. The highest BCUT2D eigenvalue weighted by Crippen LogP contribution is 2.23. The summed E-state index contributed by atoms with van der Waals surface area (Å²) in [4.78, 5) is 23.4. The monoisotopic (exact) mass is 398 g/mol. The number of aromatic nitrogens is 2. The molecule has 7 heteroatoms. The number of carbonyl (C=O) groups is 1. The Hall–Kier alpha value is -3.92.